The van der Waals surface area contributed by atoms with Gasteiger partial charge >= 0.3 is 0 Å². The van der Waals surface area contributed by atoms with E-state index >= 15 is 0 Å². The van der Waals surface area contributed by atoms with Gasteiger partial charge in [-0.05, 0) is 59.7 Å². The lowest BCUT2D eigenvalue weighted by atomic mass is 9.80. The number of hydrogen-bond acceptors (Lipinski definition) is 3. The SMILES string of the molecule is CCOC1CC(CCNC(C)CN(C)C)C1. The second-order valence-corrected chi connectivity index (χ2v) is 5.32. The largest absolute Gasteiger partial charge is 0.378 e. The van der Waals surface area contributed by atoms with Gasteiger partial charge in [0.05, 0.1) is 6.10 Å². The third kappa shape index (κ3) is 5.28. The van der Waals surface area contributed by atoms with Crippen LogP contribution >= 0.6 is 0 Å². The molecule has 1 N–H and O–H groups in total. The van der Waals surface area contributed by atoms with Gasteiger partial charge in [-0.15, -0.1) is 0 Å². The number of ether oxygens (including phenoxy) is 1. The third-order valence-corrected chi connectivity index (χ3v) is 3.28. The monoisotopic (exact) mass is 228 g/mol. The van der Waals surface area contributed by atoms with Crippen molar-refractivity contribution >= 4 is 0 Å². The van der Waals surface area contributed by atoms with Crippen LogP contribution in [0.3, 0.4) is 0 Å². The summed E-state index contributed by atoms with van der Waals surface area (Å²) in [5, 5.41) is 3.58. The summed E-state index contributed by atoms with van der Waals surface area (Å²) in [6.45, 7) is 7.47. The van der Waals surface area contributed by atoms with E-state index in [1.807, 2.05) is 0 Å². The fraction of sp³-hybridized carbons (Fsp3) is 1.00. The minimum absolute atomic E-state index is 0.564. The van der Waals surface area contributed by atoms with Crippen LogP contribution in [0.25, 0.3) is 0 Å². The van der Waals surface area contributed by atoms with Gasteiger partial charge in [-0.2, -0.15) is 0 Å². The minimum Gasteiger partial charge on any atom is -0.378 e. The molecule has 0 amide bonds. The Kier molecular flexibility index (Phi) is 6.32. The fourth-order valence-electron chi connectivity index (χ4n) is 2.43. The molecule has 1 aliphatic carbocycles. The van der Waals surface area contributed by atoms with Crippen molar-refractivity contribution in [1.82, 2.24) is 10.2 Å². The highest BCUT2D eigenvalue weighted by molar-refractivity contribution is 4.81. The molecule has 96 valence electrons. The summed E-state index contributed by atoms with van der Waals surface area (Å²) in [6, 6.07) is 0.595. The Labute approximate surface area is 101 Å². The molecular formula is C13H28N2O. The maximum Gasteiger partial charge on any atom is 0.0580 e. The maximum absolute atomic E-state index is 5.56. The molecule has 0 aliphatic heterocycles. The number of nitrogens with zero attached hydrogens (tertiary/aromatic N) is 1. The Balaban J connectivity index is 1.93. The van der Waals surface area contributed by atoms with Crippen LogP contribution in [0.1, 0.15) is 33.1 Å². The van der Waals surface area contributed by atoms with Crippen molar-refractivity contribution in [1.29, 1.82) is 0 Å². The zero-order valence-corrected chi connectivity index (χ0v) is 11.3. The van der Waals surface area contributed by atoms with Crippen molar-refractivity contribution in [3.8, 4) is 0 Å². The molecule has 0 spiro atoms. The van der Waals surface area contributed by atoms with Crippen LogP contribution in [-0.2, 0) is 4.74 Å². The maximum atomic E-state index is 5.56. The molecule has 1 unspecified atom stereocenters. The second-order valence-electron chi connectivity index (χ2n) is 5.32. The van der Waals surface area contributed by atoms with E-state index in [0.29, 0.717) is 12.1 Å². The van der Waals surface area contributed by atoms with E-state index in [9.17, 15) is 0 Å². The highest BCUT2D eigenvalue weighted by Crippen LogP contribution is 2.32. The van der Waals surface area contributed by atoms with Gasteiger partial charge in [0.1, 0.15) is 0 Å². The third-order valence-electron chi connectivity index (χ3n) is 3.28. The summed E-state index contributed by atoms with van der Waals surface area (Å²) in [4.78, 5) is 2.23. The lowest BCUT2D eigenvalue weighted by molar-refractivity contribution is -0.0264. The Morgan fingerprint density at radius 1 is 1.38 bits per heavy atom. The van der Waals surface area contributed by atoms with Crippen LogP contribution in [0.2, 0.25) is 0 Å². The Morgan fingerprint density at radius 2 is 2.06 bits per heavy atom. The topological polar surface area (TPSA) is 24.5 Å². The molecule has 0 saturated heterocycles. The lowest BCUT2D eigenvalue weighted by Crippen LogP contribution is -2.38. The van der Waals surface area contributed by atoms with Crippen LogP contribution in [-0.4, -0.2) is 50.8 Å². The van der Waals surface area contributed by atoms with Crippen molar-refractivity contribution in [3.63, 3.8) is 0 Å². The van der Waals surface area contributed by atoms with Crippen LogP contribution in [0, 0.1) is 5.92 Å². The zero-order valence-electron chi connectivity index (χ0n) is 11.3. The first-order valence-corrected chi connectivity index (χ1v) is 6.61. The molecule has 0 bridgehead atoms. The molecule has 1 fully saturated rings. The first kappa shape index (κ1) is 13.9. The molecule has 3 nitrogen and oxygen atoms in total. The van der Waals surface area contributed by atoms with E-state index in [0.717, 1.165) is 25.6 Å². The van der Waals surface area contributed by atoms with Gasteiger partial charge in [0.2, 0.25) is 0 Å². The van der Waals surface area contributed by atoms with Crippen LogP contribution in [0.4, 0.5) is 0 Å². The van der Waals surface area contributed by atoms with Gasteiger partial charge in [0.15, 0.2) is 0 Å². The molecule has 0 aromatic heterocycles. The Morgan fingerprint density at radius 3 is 2.62 bits per heavy atom. The van der Waals surface area contributed by atoms with Gasteiger partial charge in [-0.25, -0.2) is 0 Å². The van der Waals surface area contributed by atoms with E-state index in [4.69, 9.17) is 4.74 Å². The number of rotatable bonds is 8. The van der Waals surface area contributed by atoms with Crippen molar-refractivity contribution in [2.75, 3.05) is 33.8 Å². The molecule has 0 aromatic rings. The summed E-state index contributed by atoms with van der Waals surface area (Å²) in [7, 11) is 4.24. The predicted octanol–water partition coefficient (Wildman–Crippen LogP) is 1.73. The van der Waals surface area contributed by atoms with E-state index in [2.05, 4.69) is 38.2 Å². The first-order valence-electron chi connectivity index (χ1n) is 6.61. The summed E-state index contributed by atoms with van der Waals surface area (Å²) >= 11 is 0. The average Bonchev–Trinajstić information content (AvgIpc) is 2.12. The quantitative estimate of drug-likeness (QED) is 0.685. The molecule has 0 aromatic carbocycles. The second kappa shape index (κ2) is 7.25. The summed E-state index contributed by atoms with van der Waals surface area (Å²) < 4.78 is 5.56. The van der Waals surface area contributed by atoms with Crippen molar-refractivity contribution in [2.24, 2.45) is 5.92 Å². The van der Waals surface area contributed by atoms with Crippen LogP contribution < -0.4 is 5.32 Å². The molecule has 1 rings (SSSR count). The summed E-state index contributed by atoms with van der Waals surface area (Å²) in [5.41, 5.74) is 0. The average molecular weight is 228 g/mol. The molecular weight excluding hydrogens is 200 g/mol. The highest BCUT2D eigenvalue weighted by Gasteiger charge is 2.28. The molecule has 1 saturated carbocycles. The van der Waals surface area contributed by atoms with E-state index in [1.54, 1.807) is 0 Å². The van der Waals surface area contributed by atoms with E-state index < -0.39 is 0 Å². The number of hydrogen-bond donors (Lipinski definition) is 1. The van der Waals surface area contributed by atoms with Crippen molar-refractivity contribution in [3.05, 3.63) is 0 Å². The van der Waals surface area contributed by atoms with Gasteiger partial charge in [0.25, 0.3) is 0 Å². The molecule has 0 radical (unpaired) electrons. The predicted molar refractivity (Wildman–Crippen MR) is 68.8 cm³/mol. The molecule has 1 aliphatic rings. The van der Waals surface area contributed by atoms with Crippen molar-refractivity contribution in [2.45, 2.75) is 45.3 Å². The molecule has 16 heavy (non-hydrogen) atoms. The minimum atomic E-state index is 0.564. The zero-order chi connectivity index (χ0) is 12.0. The molecule has 3 heteroatoms. The van der Waals surface area contributed by atoms with Crippen LogP contribution in [0.15, 0.2) is 0 Å². The summed E-state index contributed by atoms with van der Waals surface area (Å²) in [5.74, 6) is 0.899. The smallest absolute Gasteiger partial charge is 0.0580 e. The van der Waals surface area contributed by atoms with Gasteiger partial charge in [-0.3, -0.25) is 0 Å². The molecule has 1 atom stereocenters. The first-order chi connectivity index (χ1) is 7.61. The van der Waals surface area contributed by atoms with Crippen LogP contribution in [0.5, 0.6) is 0 Å². The summed E-state index contributed by atoms with van der Waals surface area (Å²) in [6.07, 6.45) is 4.42. The lowest BCUT2D eigenvalue weighted by Gasteiger charge is -2.35. The van der Waals surface area contributed by atoms with E-state index in [-0.39, 0.29) is 0 Å². The number of likely N-dealkylation sites (N-methyl/N-ethyl adjacent to an activating group) is 1. The Bertz CT molecular complexity index is 179. The van der Waals surface area contributed by atoms with Gasteiger partial charge in [0, 0.05) is 19.2 Å². The van der Waals surface area contributed by atoms with Gasteiger partial charge < -0.3 is 15.0 Å². The fourth-order valence-corrected chi connectivity index (χ4v) is 2.43. The van der Waals surface area contributed by atoms with Gasteiger partial charge in [-0.1, -0.05) is 0 Å². The van der Waals surface area contributed by atoms with Crippen molar-refractivity contribution < 1.29 is 4.74 Å². The highest BCUT2D eigenvalue weighted by atomic mass is 16.5. The Hall–Kier alpha value is -0.120. The van der Waals surface area contributed by atoms with E-state index in [1.165, 1.54) is 19.3 Å². The standard InChI is InChI=1S/C13H28N2O/c1-5-16-13-8-12(9-13)6-7-14-11(2)10-15(3)4/h11-14H,5-10H2,1-4H3. The molecule has 0 heterocycles. The normalized spacial score (nSPS) is 26.8. The number of nitrogens with one attached hydrogen (secondary N) is 1.